The molecule has 1 rings (SSSR count). The van der Waals surface area contributed by atoms with E-state index in [4.69, 9.17) is 0 Å². The van der Waals surface area contributed by atoms with Gasteiger partial charge in [0.2, 0.25) is 0 Å². The molecule has 0 aromatic heterocycles. The van der Waals surface area contributed by atoms with Crippen LogP contribution in [0.4, 0.5) is 0 Å². The molecule has 1 unspecified atom stereocenters. The molecule has 1 atom stereocenters. The Morgan fingerprint density at radius 1 is 1.38 bits per heavy atom. The summed E-state index contributed by atoms with van der Waals surface area (Å²) in [5.41, 5.74) is 0. The highest BCUT2D eigenvalue weighted by molar-refractivity contribution is 4.76. The second-order valence-corrected chi connectivity index (χ2v) is 4.54. The third kappa shape index (κ3) is 3.65. The second kappa shape index (κ2) is 5.61. The fourth-order valence-electron chi connectivity index (χ4n) is 2.40. The molecular formula is C11H24N2. The van der Waals surface area contributed by atoms with E-state index in [-0.39, 0.29) is 0 Å². The van der Waals surface area contributed by atoms with E-state index in [1.807, 2.05) is 7.05 Å². The largest absolute Gasteiger partial charge is 0.319 e. The van der Waals surface area contributed by atoms with E-state index >= 15 is 0 Å². The smallest absolute Gasteiger partial charge is 0.00923 e. The lowest BCUT2D eigenvalue weighted by Crippen LogP contribution is -2.35. The first kappa shape index (κ1) is 11.0. The highest BCUT2D eigenvalue weighted by Gasteiger charge is 2.20. The van der Waals surface area contributed by atoms with Crippen LogP contribution in [0.3, 0.4) is 0 Å². The van der Waals surface area contributed by atoms with E-state index < -0.39 is 0 Å². The SMILES string of the molecule is CNCC(C)CN(C)C1CCCC1. The molecule has 1 fully saturated rings. The number of hydrogen-bond acceptors (Lipinski definition) is 2. The van der Waals surface area contributed by atoms with Gasteiger partial charge in [-0.15, -0.1) is 0 Å². The maximum atomic E-state index is 3.24. The molecule has 0 aromatic carbocycles. The quantitative estimate of drug-likeness (QED) is 0.700. The second-order valence-electron chi connectivity index (χ2n) is 4.54. The topological polar surface area (TPSA) is 15.3 Å². The average Bonchev–Trinajstić information content (AvgIpc) is 2.55. The van der Waals surface area contributed by atoms with Crippen LogP contribution in [0.1, 0.15) is 32.6 Å². The lowest BCUT2D eigenvalue weighted by atomic mass is 10.1. The van der Waals surface area contributed by atoms with Crippen LogP contribution in [0.2, 0.25) is 0 Å². The molecule has 0 amide bonds. The molecule has 1 aliphatic carbocycles. The monoisotopic (exact) mass is 184 g/mol. The molecule has 0 radical (unpaired) electrons. The Morgan fingerprint density at radius 3 is 2.54 bits per heavy atom. The molecule has 0 aromatic rings. The number of hydrogen-bond donors (Lipinski definition) is 1. The molecule has 2 heteroatoms. The van der Waals surface area contributed by atoms with Crippen LogP contribution in [-0.2, 0) is 0 Å². The fourth-order valence-corrected chi connectivity index (χ4v) is 2.40. The van der Waals surface area contributed by atoms with Crippen LogP contribution in [0.5, 0.6) is 0 Å². The van der Waals surface area contributed by atoms with Crippen molar-refractivity contribution in [2.24, 2.45) is 5.92 Å². The van der Waals surface area contributed by atoms with E-state index in [1.165, 1.54) is 32.2 Å². The summed E-state index contributed by atoms with van der Waals surface area (Å²) in [6.07, 6.45) is 5.72. The molecule has 1 saturated carbocycles. The lowest BCUT2D eigenvalue weighted by Gasteiger charge is -2.27. The minimum atomic E-state index is 0.774. The Hall–Kier alpha value is -0.0800. The zero-order valence-electron chi connectivity index (χ0n) is 9.34. The standard InChI is InChI=1S/C11H24N2/c1-10(8-12-2)9-13(3)11-6-4-5-7-11/h10-12H,4-9H2,1-3H3. The number of nitrogens with one attached hydrogen (secondary N) is 1. The summed E-state index contributed by atoms with van der Waals surface area (Å²) in [7, 11) is 4.31. The normalized spacial score (nSPS) is 21.2. The summed E-state index contributed by atoms with van der Waals surface area (Å²) in [5, 5.41) is 3.24. The summed E-state index contributed by atoms with van der Waals surface area (Å²) in [4.78, 5) is 2.55. The van der Waals surface area contributed by atoms with Gasteiger partial charge in [-0.1, -0.05) is 19.8 Å². The Kier molecular flexibility index (Phi) is 4.74. The van der Waals surface area contributed by atoms with Crippen LogP contribution in [0.25, 0.3) is 0 Å². The van der Waals surface area contributed by atoms with Gasteiger partial charge < -0.3 is 10.2 Å². The Morgan fingerprint density at radius 2 is 2.00 bits per heavy atom. The molecular weight excluding hydrogens is 160 g/mol. The summed E-state index contributed by atoms with van der Waals surface area (Å²) in [6.45, 7) is 4.70. The molecule has 0 heterocycles. The number of rotatable bonds is 5. The maximum absolute atomic E-state index is 3.24. The van der Waals surface area contributed by atoms with Gasteiger partial charge >= 0.3 is 0 Å². The van der Waals surface area contributed by atoms with Crippen molar-refractivity contribution in [3.63, 3.8) is 0 Å². The maximum Gasteiger partial charge on any atom is 0.00923 e. The fraction of sp³-hybridized carbons (Fsp3) is 1.00. The first-order valence-electron chi connectivity index (χ1n) is 5.59. The number of nitrogens with zero attached hydrogens (tertiary/aromatic N) is 1. The predicted octanol–water partition coefficient (Wildman–Crippen LogP) is 1.72. The molecule has 13 heavy (non-hydrogen) atoms. The minimum absolute atomic E-state index is 0.774. The van der Waals surface area contributed by atoms with Crippen molar-refractivity contribution in [3.05, 3.63) is 0 Å². The van der Waals surface area contributed by atoms with Crippen LogP contribution < -0.4 is 5.32 Å². The minimum Gasteiger partial charge on any atom is -0.319 e. The highest BCUT2D eigenvalue weighted by atomic mass is 15.1. The first-order chi connectivity index (χ1) is 6.24. The third-order valence-corrected chi connectivity index (χ3v) is 3.10. The lowest BCUT2D eigenvalue weighted by molar-refractivity contribution is 0.213. The van der Waals surface area contributed by atoms with Gasteiger partial charge in [0.25, 0.3) is 0 Å². The third-order valence-electron chi connectivity index (χ3n) is 3.10. The van der Waals surface area contributed by atoms with E-state index in [1.54, 1.807) is 0 Å². The Bertz CT molecular complexity index is 130. The molecule has 2 nitrogen and oxygen atoms in total. The van der Waals surface area contributed by atoms with Crippen LogP contribution in [-0.4, -0.2) is 38.1 Å². The summed E-state index contributed by atoms with van der Waals surface area (Å²) in [5.74, 6) is 0.774. The molecule has 0 bridgehead atoms. The first-order valence-corrected chi connectivity index (χ1v) is 5.59. The van der Waals surface area contributed by atoms with Crippen molar-refractivity contribution in [3.8, 4) is 0 Å². The van der Waals surface area contributed by atoms with E-state index in [2.05, 4.69) is 24.2 Å². The van der Waals surface area contributed by atoms with Gasteiger partial charge in [0.15, 0.2) is 0 Å². The Labute approximate surface area is 82.7 Å². The summed E-state index contributed by atoms with van der Waals surface area (Å²) in [6, 6.07) is 0.874. The van der Waals surface area contributed by atoms with Gasteiger partial charge in [0.1, 0.15) is 0 Å². The molecule has 0 aliphatic heterocycles. The highest BCUT2D eigenvalue weighted by Crippen LogP contribution is 2.22. The van der Waals surface area contributed by atoms with Crippen molar-refractivity contribution in [2.75, 3.05) is 27.2 Å². The van der Waals surface area contributed by atoms with Gasteiger partial charge in [-0.2, -0.15) is 0 Å². The summed E-state index contributed by atoms with van der Waals surface area (Å²) < 4.78 is 0. The van der Waals surface area contributed by atoms with Crippen molar-refractivity contribution in [1.82, 2.24) is 10.2 Å². The zero-order chi connectivity index (χ0) is 9.68. The van der Waals surface area contributed by atoms with Crippen LogP contribution in [0.15, 0.2) is 0 Å². The van der Waals surface area contributed by atoms with Crippen LogP contribution >= 0.6 is 0 Å². The van der Waals surface area contributed by atoms with Crippen molar-refractivity contribution < 1.29 is 0 Å². The molecule has 1 aliphatic rings. The molecule has 0 spiro atoms. The van der Waals surface area contributed by atoms with Crippen molar-refractivity contribution in [1.29, 1.82) is 0 Å². The zero-order valence-corrected chi connectivity index (χ0v) is 9.34. The van der Waals surface area contributed by atoms with Crippen molar-refractivity contribution >= 4 is 0 Å². The van der Waals surface area contributed by atoms with E-state index in [9.17, 15) is 0 Å². The van der Waals surface area contributed by atoms with E-state index in [0.717, 1.165) is 18.5 Å². The van der Waals surface area contributed by atoms with Gasteiger partial charge in [0.05, 0.1) is 0 Å². The summed E-state index contributed by atoms with van der Waals surface area (Å²) >= 11 is 0. The Balaban J connectivity index is 2.18. The van der Waals surface area contributed by atoms with E-state index in [0.29, 0.717) is 0 Å². The van der Waals surface area contributed by atoms with Gasteiger partial charge in [-0.05, 0) is 39.4 Å². The molecule has 1 N–H and O–H groups in total. The van der Waals surface area contributed by atoms with Crippen molar-refractivity contribution in [2.45, 2.75) is 38.6 Å². The van der Waals surface area contributed by atoms with Gasteiger partial charge in [-0.25, -0.2) is 0 Å². The molecule has 0 saturated heterocycles. The predicted molar refractivity (Wildman–Crippen MR) is 58.0 cm³/mol. The average molecular weight is 184 g/mol. The van der Waals surface area contributed by atoms with Crippen LogP contribution in [0, 0.1) is 5.92 Å². The molecule has 78 valence electrons. The van der Waals surface area contributed by atoms with Gasteiger partial charge in [0, 0.05) is 12.6 Å². The van der Waals surface area contributed by atoms with Gasteiger partial charge in [-0.3, -0.25) is 0 Å².